The maximum atomic E-state index is 12.6. The van der Waals surface area contributed by atoms with Crippen LogP contribution in [0.25, 0.3) is 10.2 Å². The third-order valence-corrected chi connectivity index (χ3v) is 6.71. The van der Waals surface area contributed by atoms with E-state index in [-0.39, 0.29) is 12.5 Å². The molecule has 11 heteroatoms. The summed E-state index contributed by atoms with van der Waals surface area (Å²) in [6.07, 6.45) is -6.38. The van der Waals surface area contributed by atoms with Gasteiger partial charge in [-0.05, 0) is 42.0 Å². The van der Waals surface area contributed by atoms with E-state index in [2.05, 4.69) is 10.3 Å². The van der Waals surface area contributed by atoms with Crippen molar-refractivity contribution in [1.82, 2.24) is 10.3 Å². The van der Waals surface area contributed by atoms with Crippen LogP contribution in [0.4, 0.5) is 0 Å². The third-order valence-electron chi connectivity index (χ3n) is 5.18. The third kappa shape index (κ3) is 4.75. The van der Waals surface area contributed by atoms with Crippen molar-refractivity contribution in [1.29, 1.82) is 0 Å². The Bertz CT molecular complexity index is 1120. The van der Waals surface area contributed by atoms with E-state index in [1.54, 1.807) is 36.4 Å². The molecule has 1 amide bonds. The van der Waals surface area contributed by atoms with Gasteiger partial charge in [-0.3, -0.25) is 4.79 Å². The first-order valence-electron chi connectivity index (χ1n) is 9.71. The molecular formula is C21H20Cl2N2O6S. The number of nitrogens with zero attached hydrogens (tertiary/aromatic N) is 1. The molecule has 8 nitrogen and oxygen atoms in total. The zero-order chi connectivity index (χ0) is 23.0. The molecule has 0 radical (unpaired) electrons. The van der Waals surface area contributed by atoms with Gasteiger partial charge in [0.2, 0.25) is 0 Å². The van der Waals surface area contributed by atoms with Gasteiger partial charge in [-0.1, -0.05) is 23.2 Å². The highest BCUT2D eigenvalue weighted by molar-refractivity contribution is 7.18. The molecule has 1 fully saturated rings. The minimum Gasteiger partial charge on any atom is -0.394 e. The summed E-state index contributed by atoms with van der Waals surface area (Å²) < 4.78 is 6.31. The molecule has 1 aromatic heterocycles. The van der Waals surface area contributed by atoms with Crippen molar-refractivity contribution in [3.63, 3.8) is 0 Å². The van der Waals surface area contributed by atoms with Crippen LogP contribution in [0.15, 0.2) is 36.4 Å². The first kappa shape index (κ1) is 23.3. The highest BCUT2D eigenvalue weighted by atomic mass is 35.5. The minimum atomic E-state index is -1.49. The Morgan fingerprint density at radius 3 is 2.47 bits per heavy atom. The summed E-state index contributed by atoms with van der Waals surface area (Å²) in [6.45, 7) is -0.279. The normalized spacial score (nSPS) is 25.8. The number of nitrogens with one attached hydrogen (secondary N) is 1. The number of hydrogen-bond donors (Lipinski definition) is 5. The van der Waals surface area contributed by atoms with Crippen molar-refractivity contribution in [3.8, 4) is 0 Å². The summed E-state index contributed by atoms with van der Waals surface area (Å²) in [7, 11) is 0. The predicted molar refractivity (Wildman–Crippen MR) is 120 cm³/mol. The number of rotatable bonds is 5. The fraction of sp³-hybridized carbons (Fsp3) is 0.333. The monoisotopic (exact) mass is 498 g/mol. The fourth-order valence-electron chi connectivity index (χ4n) is 3.51. The van der Waals surface area contributed by atoms with Crippen molar-refractivity contribution in [2.45, 2.75) is 37.1 Å². The molecule has 3 aromatic rings. The highest BCUT2D eigenvalue weighted by Gasteiger charge is 2.45. The number of hydrogen-bond acceptors (Lipinski definition) is 8. The summed E-state index contributed by atoms with van der Waals surface area (Å²) in [5.74, 6) is -0.314. The second-order valence-electron chi connectivity index (χ2n) is 7.44. The summed E-state index contributed by atoms with van der Waals surface area (Å²) in [5.41, 5.74) is 1.66. The lowest BCUT2D eigenvalue weighted by Gasteiger charge is -2.39. The smallest absolute Gasteiger partial charge is 0.251 e. The number of ether oxygens (including phenoxy) is 1. The second-order valence-corrected chi connectivity index (χ2v) is 9.38. The van der Waals surface area contributed by atoms with Crippen LogP contribution < -0.4 is 5.32 Å². The van der Waals surface area contributed by atoms with Crippen LogP contribution in [-0.2, 0) is 11.3 Å². The molecule has 170 valence electrons. The molecule has 1 saturated heterocycles. The molecule has 1 aliphatic heterocycles. The van der Waals surface area contributed by atoms with Gasteiger partial charge in [0.1, 0.15) is 35.5 Å². The van der Waals surface area contributed by atoms with Crippen LogP contribution in [-0.4, -0.2) is 62.3 Å². The first-order valence-corrected chi connectivity index (χ1v) is 11.3. The highest BCUT2D eigenvalue weighted by Crippen LogP contribution is 2.36. The van der Waals surface area contributed by atoms with E-state index >= 15 is 0 Å². The number of benzene rings is 2. The van der Waals surface area contributed by atoms with Crippen LogP contribution in [0.5, 0.6) is 0 Å². The predicted octanol–water partition coefficient (Wildman–Crippen LogP) is 2.05. The molecule has 0 saturated carbocycles. The number of fused-ring (bicyclic) bond motifs is 1. The molecule has 1 aliphatic rings. The van der Waals surface area contributed by atoms with Gasteiger partial charge in [0, 0.05) is 22.2 Å². The molecule has 0 unspecified atom stereocenters. The summed E-state index contributed by atoms with van der Waals surface area (Å²) in [6, 6.07) is 10.0. The number of carbonyl (C=O) groups is 1. The van der Waals surface area contributed by atoms with E-state index in [0.29, 0.717) is 26.1 Å². The van der Waals surface area contributed by atoms with Crippen LogP contribution in [0.3, 0.4) is 0 Å². The maximum absolute atomic E-state index is 12.6. The Kier molecular flexibility index (Phi) is 6.99. The minimum absolute atomic E-state index is 0.240. The van der Waals surface area contributed by atoms with Gasteiger partial charge in [-0.2, -0.15) is 0 Å². The lowest BCUT2D eigenvalue weighted by molar-refractivity contribution is -0.231. The van der Waals surface area contributed by atoms with E-state index in [1.807, 2.05) is 0 Å². The number of thiazole rings is 1. The Morgan fingerprint density at radius 2 is 1.78 bits per heavy atom. The number of amides is 1. The summed E-state index contributed by atoms with van der Waals surface area (Å²) >= 11 is 13.2. The molecule has 0 bridgehead atoms. The molecule has 0 aliphatic carbocycles. The maximum Gasteiger partial charge on any atom is 0.251 e. The van der Waals surface area contributed by atoms with E-state index < -0.39 is 37.1 Å². The number of carbonyl (C=O) groups excluding carboxylic acids is 1. The van der Waals surface area contributed by atoms with Gasteiger partial charge in [0.15, 0.2) is 0 Å². The number of aliphatic hydroxyl groups is 4. The first-order chi connectivity index (χ1) is 15.3. The van der Waals surface area contributed by atoms with Crippen LogP contribution >= 0.6 is 34.5 Å². The van der Waals surface area contributed by atoms with Crippen molar-refractivity contribution in [2.75, 3.05) is 6.61 Å². The second kappa shape index (κ2) is 9.58. The molecule has 5 atom stereocenters. The molecular weight excluding hydrogens is 479 g/mol. The lowest BCUT2D eigenvalue weighted by atomic mass is 9.95. The van der Waals surface area contributed by atoms with E-state index in [9.17, 15) is 25.2 Å². The molecule has 2 heterocycles. The van der Waals surface area contributed by atoms with Crippen molar-refractivity contribution >= 4 is 50.7 Å². The quantitative estimate of drug-likeness (QED) is 0.363. The Labute approximate surface area is 197 Å². The van der Waals surface area contributed by atoms with Crippen molar-refractivity contribution in [2.24, 2.45) is 0 Å². The topological polar surface area (TPSA) is 132 Å². The number of aliphatic hydroxyl groups excluding tert-OH is 4. The van der Waals surface area contributed by atoms with Crippen LogP contribution in [0.1, 0.15) is 27.0 Å². The lowest BCUT2D eigenvalue weighted by Crippen LogP contribution is -2.55. The number of aromatic nitrogens is 1. The Morgan fingerprint density at radius 1 is 1.06 bits per heavy atom. The zero-order valence-electron chi connectivity index (χ0n) is 16.5. The van der Waals surface area contributed by atoms with Crippen molar-refractivity contribution in [3.05, 3.63) is 62.6 Å². The Balaban J connectivity index is 1.52. The fourth-order valence-corrected chi connectivity index (χ4v) is 5.11. The van der Waals surface area contributed by atoms with Crippen LogP contribution in [0, 0.1) is 0 Å². The SMILES string of the molecule is O=C(NCc1cc(Cl)cc(Cl)c1)c1ccc2sc([C@@H]3O[C@H](CO)[C@H](O)[C@H](O)[C@H]3O)nc2c1. The van der Waals surface area contributed by atoms with Gasteiger partial charge in [0.05, 0.1) is 16.8 Å². The van der Waals surface area contributed by atoms with Gasteiger partial charge in [-0.15, -0.1) is 11.3 Å². The zero-order valence-corrected chi connectivity index (χ0v) is 18.8. The molecule has 5 N–H and O–H groups in total. The molecule has 4 rings (SSSR count). The van der Waals surface area contributed by atoms with Gasteiger partial charge >= 0.3 is 0 Å². The van der Waals surface area contributed by atoms with Crippen LogP contribution in [0.2, 0.25) is 10.0 Å². The standard InChI is InChI=1S/C21H20Cl2N2O6S/c22-11-3-9(4-12(23)6-11)7-24-20(30)10-1-2-15-13(5-10)25-21(32-15)19-18(29)17(28)16(27)14(8-26)31-19/h1-6,14,16-19,26-29H,7-8H2,(H,24,30)/t14-,16+,17+,18-,19-/m1/s1. The van der Waals surface area contributed by atoms with Gasteiger partial charge in [0.25, 0.3) is 5.91 Å². The average Bonchev–Trinajstić information content (AvgIpc) is 3.18. The Hall–Kier alpha value is -1.82. The van der Waals surface area contributed by atoms with E-state index in [1.165, 1.54) is 11.3 Å². The van der Waals surface area contributed by atoms with Gasteiger partial charge in [-0.25, -0.2) is 4.98 Å². The molecule has 2 aromatic carbocycles. The van der Waals surface area contributed by atoms with Crippen molar-refractivity contribution < 1.29 is 30.0 Å². The van der Waals surface area contributed by atoms with Gasteiger partial charge < -0.3 is 30.5 Å². The largest absolute Gasteiger partial charge is 0.394 e. The van der Waals surface area contributed by atoms with E-state index in [0.717, 1.165) is 10.3 Å². The van der Waals surface area contributed by atoms with E-state index in [4.69, 9.17) is 27.9 Å². The molecule has 0 spiro atoms. The number of halogens is 2. The molecule has 32 heavy (non-hydrogen) atoms. The average molecular weight is 499 g/mol. The summed E-state index contributed by atoms with van der Waals surface area (Å²) in [5, 5.41) is 43.8. The summed E-state index contributed by atoms with van der Waals surface area (Å²) in [4.78, 5) is 17.0.